The van der Waals surface area contributed by atoms with Crippen molar-refractivity contribution in [3.8, 4) is 0 Å². The zero-order chi connectivity index (χ0) is 44.4. The fourth-order valence-electron chi connectivity index (χ4n) is 8.21. The van der Waals surface area contributed by atoms with Gasteiger partial charge in [0.15, 0.2) is 0 Å². The molecular formula is C56H105NO4. The first-order chi connectivity index (χ1) is 30.1. The van der Waals surface area contributed by atoms with Crippen LogP contribution in [0.5, 0.6) is 0 Å². The number of nitrogens with one attached hydrogen (secondary N) is 1. The third-order valence-corrected chi connectivity index (χ3v) is 12.4. The summed E-state index contributed by atoms with van der Waals surface area (Å²) in [6, 6.07) is -0.833. The summed E-state index contributed by atoms with van der Waals surface area (Å²) in [4.78, 5) is 12.5. The minimum atomic E-state index is -1.17. The van der Waals surface area contributed by atoms with Crippen LogP contribution in [0.4, 0.5) is 0 Å². The minimum absolute atomic E-state index is 0.157. The van der Waals surface area contributed by atoms with Crippen molar-refractivity contribution in [2.75, 3.05) is 6.61 Å². The molecule has 0 rings (SSSR count). The molecule has 358 valence electrons. The molecule has 3 unspecified atom stereocenters. The van der Waals surface area contributed by atoms with Crippen LogP contribution in [0.2, 0.25) is 0 Å². The van der Waals surface area contributed by atoms with E-state index in [4.69, 9.17) is 0 Å². The first-order valence-electron chi connectivity index (χ1n) is 26.9. The SMILES string of the molecule is CCCCCCCCC/C=C/CC/C=C/CCCC(O)C(O)C(CO)NC(=O)CCCCCCCCCCCCCCCCC/C=C\C/C=C\CCCCCCCCCCC. The van der Waals surface area contributed by atoms with Crippen LogP contribution >= 0.6 is 0 Å². The Kier molecular flexibility index (Phi) is 49.5. The summed E-state index contributed by atoms with van der Waals surface area (Å²) < 4.78 is 0. The Morgan fingerprint density at radius 1 is 0.410 bits per heavy atom. The van der Waals surface area contributed by atoms with E-state index in [1.807, 2.05) is 0 Å². The van der Waals surface area contributed by atoms with E-state index in [-0.39, 0.29) is 12.5 Å². The van der Waals surface area contributed by atoms with Crippen LogP contribution in [0.15, 0.2) is 48.6 Å². The Morgan fingerprint density at radius 2 is 0.721 bits per heavy atom. The molecule has 0 aliphatic rings. The number of rotatable bonds is 49. The van der Waals surface area contributed by atoms with Crippen molar-refractivity contribution in [1.82, 2.24) is 5.32 Å². The van der Waals surface area contributed by atoms with Crippen LogP contribution in [0.3, 0.4) is 0 Å². The summed E-state index contributed by atoms with van der Waals surface area (Å²) in [6.45, 7) is 4.17. The predicted molar refractivity (Wildman–Crippen MR) is 268 cm³/mol. The third kappa shape index (κ3) is 46.1. The molecule has 4 N–H and O–H groups in total. The molecule has 5 nitrogen and oxygen atoms in total. The summed E-state index contributed by atoms with van der Waals surface area (Å²) in [7, 11) is 0. The molecule has 0 aromatic rings. The van der Waals surface area contributed by atoms with E-state index in [0.29, 0.717) is 12.8 Å². The van der Waals surface area contributed by atoms with Crippen molar-refractivity contribution >= 4 is 5.91 Å². The first-order valence-corrected chi connectivity index (χ1v) is 26.9. The lowest BCUT2D eigenvalue weighted by molar-refractivity contribution is -0.124. The molecule has 0 radical (unpaired) electrons. The van der Waals surface area contributed by atoms with Gasteiger partial charge >= 0.3 is 0 Å². The molecule has 61 heavy (non-hydrogen) atoms. The molecule has 1 amide bonds. The molecule has 0 spiro atoms. The minimum Gasteiger partial charge on any atom is -0.394 e. The molecular weight excluding hydrogens is 751 g/mol. The molecule has 0 aliphatic carbocycles. The van der Waals surface area contributed by atoms with E-state index in [1.54, 1.807) is 0 Å². The second-order valence-electron chi connectivity index (χ2n) is 18.4. The second kappa shape index (κ2) is 50.9. The Bertz CT molecular complexity index is 989. The van der Waals surface area contributed by atoms with Gasteiger partial charge in [-0.2, -0.15) is 0 Å². The van der Waals surface area contributed by atoms with E-state index in [0.717, 1.165) is 51.4 Å². The number of unbranched alkanes of at least 4 members (excludes halogenated alkanes) is 33. The summed E-state index contributed by atoms with van der Waals surface area (Å²) in [6.07, 6.45) is 66.9. The van der Waals surface area contributed by atoms with Crippen molar-refractivity contribution in [3.63, 3.8) is 0 Å². The van der Waals surface area contributed by atoms with Gasteiger partial charge in [0.1, 0.15) is 6.10 Å². The average Bonchev–Trinajstić information content (AvgIpc) is 3.26. The van der Waals surface area contributed by atoms with Gasteiger partial charge < -0.3 is 20.6 Å². The largest absolute Gasteiger partial charge is 0.394 e. The fourth-order valence-corrected chi connectivity index (χ4v) is 8.21. The second-order valence-corrected chi connectivity index (χ2v) is 18.4. The maximum atomic E-state index is 12.5. The average molecular weight is 856 g/mol. The number of hydrogen-bond acceptors (Lipinski definition) is 4. The van der Waals surface area contributed by atoms with Crippen molar-refractivity contribution in [2.45, 2.75) is 295 Å². The standard InChI is InChI=1S/C56H105NO4/c1-3-5-7-9-11-13-15-17-19-21-22-23-24-25-26-27-28-29-30-31-32-33-34-35-37-39-41-43-45-47-49-51-55(60)57-53(52-58)56(61)54(59)50-48-46-44-42-40-38-36-20-18-16-14-12-10-8-6-4-2/h20,22-23,25-26,36,42,44,53-54,56,58-59,61H,3-19,21,24,27-35,37-41,43,45-52H2,1-2H3,(H,57,60)/b23-22-,26-25-,36-20+,44-42+. The van der Waals surface area contributed by atoms with Crippen molar-refractivity contribution in [2.24, 2.45) is 0 Å². The summed E-state index contributed by atoms with van der Waals surface area (Å²) in [5, 5.41) is 33.6. The molecule has 0 aromatic carbocycles. The number of carbonyl (C=O) groups excluding carboxylic acids is 1. The summed E-state index contributed by atoms with van der Waals surface area (Å²) >= 11 is 0. The lowest BCUT2D eigenvalue weighted by Crippen LogP contribution is -2.50. The number of hydrogen-bond donors (Lipinski definition) is 4. The van der Waals surface area contributed by atoms with Crippen LogP contribution in [-0.2, 0) is 4.79 Å². The van der Waals surface area contributed by atoms with Crippen molar-refractivity contribution in [1.29, 1.82) is 0 Å². The van der Waals surface area contributed by atoms with Gasteiger partial charge in [-0.3, -0.25) is 4.79 Å². The Balaban J connectivity index is 3.57. The summed E-state index contributed by atoms with van der Waals surface area (Å²) in [5.74, 6) is -0.157. The molecule has 0 heterocycles. The molecule has 3 atom stereocenters. The van der Waals surface area contributed by atoms with Crippen LogP contribution in [-0.4, -0.2) is 46.1 Å². The predicted octanol–water partition coefficient (Wildman–Crippen LogP) is 16.4. The number of aliphatic hydroxyl groups is 3. The molecule has 0 aromatic heterocycles. The molecule has 0 saturated carbocycles. The van der Waals surface area contributed by atoms with E-state index in [9.17, 15) is 20.1 Å². The van der Waals surface area contributed by atoms with Crippen molar-refractivity contribution in [3.05, 3.63) is 48.6 Å². The maximum Gasteiger partial charge on any atom is 0.220 e. The Morgan fingerprint density at radius 3 is 1.10 bits per heavy atom. The smallest absolute Gasteiger partial charge is 0.220 e. The Labute approximate surface area is 380 Å². The van der Waals surface area contributed by atoms with Gasteiger partial charge in [0.25, 0.3) is 0 Å². The van der Waals surface area contributed by atoms with Gasteiger partial charge in [-0.05, 0) is 83.5 Å². The molecule has 0 saturated heterocycles. The lowest BCUT2D eigenvalue weighted by atomic mass is 10.0. The highest BCUT2D eigenvalue weighted by atomic mass is 16.3. The number of allylic oxidation sites excluding steroid dienone is 8. The molecule has 0 fully saturated rings. The van der Waals surface area contributed by atoms with E-state index < -0.39 is 18.2 Å². The highest BCUT2D eigenvalue weighted by Gasteiger charge is 2.26. The van der Waals surface area contributed by atoms with E-state index in [2.05, 4.69) is 67.8 Å². The number of carbonyl (C=O) groups is 1. The number of aliphatic hydroxyl groups excluding tert-OH is 3. The van der Waals surface area contributed by atoms with Crippen LogP contribution in [0.1, 0.15) is 277 Å². The number of amides is 1. The molecule has 0 bridgehead atoms. The van der Waals surface area contributed by atoms with Gasteiger partial charge in [0.05, 0.1) is 18.8 Å². The van der Waals surface area contributed by atoms with E-state index >= 15 is 0 Å². The monoisotopic (exact) mass is 856 g/mol. The van der Waals surface area contributed by atoms with Gasteiger partial charge in [-0.25, -0.2) is 0 Å². The van der Waals surface area contributed by atoms with Crippen LogP contribution in [0, 0.1) is 0 Å². The normalized spacial score (nSPS) is 13.7. The summed E-state index contributed by atoms with van der Waals surface area (Å²) in [5.41, 5.74) is 0. The Hall–Kier alpha value is -1.69. The fraction of sp³-hybridized carbons (Fsp3) is 0.839. The molecule has 5 heteroatoms. The lowest BCUT2D eigenvalue weighted by Gasteiger charge is -2.26. The highest BCUT2D eigenvalue weighted by Crippen LogP contribution is 2.16. The first kappa shape index (κ1) is 59.3. The molecule has 0 aliphatic heterocycles. The van der Waals surface area contributed by atoms with Crippen LogP contribution in [0.25, 0.3) is 0 Å². The maximum absolute atomic E-state index is 12.5. The zero-order valence-corrected chi connectivity index (χ0v) is 40.8. The highest BCUT2D eigenvalue weighted by molar-refractivity contribution is 5.76. The van der Waals surface area contributed by atoms with E-state index in [1.165, 1.54) is 199 Å². The van der Waals surface area contributed by atoms with Crippen molar-refractivity contribution < 1.29 is 20.1 Å². The van der Waals surface area contributed by atoms with Gasteiger partial charge in [-0.15, -0.1) is 0 Å². The quantitative estimate of drug-likeness (QED) is 0.0362. The zero-order valence-electron chi connectivity index (χ0n) is 40.8. The topological polar surface area (TPSA) is 89.8 Å². The third-order valence-electron chi connectivity index (χ3n) is 12.4. The van der Waals surface area contributed by atoms with Crippen LogP contribution < -0.4 is 5.32 Å². The van der Waals surface area contributed by atoms with Gasteiger partial charge in [0.2, 0.25) is 5.91 Å². The van der Waals surface area contributed by atoms with Gasteiger partial charge in [-0.1, -0.05) is 236 Å². The van der Waals surface area contributed by atoms with Gasteiger partial charge in [0, 0.05) is 6.42 Å².